The third kappa shape index (κ3) is 3.36. The van der Waals surface area contributed by atoms with E-state index in [1.807, 2.05) is 10.6 Å². The molecule has 1 fully saturated rings. The molecule has 1 saturated heterocycles. The number of aromatic nitrogens is 2. The van der Waals surface area contributed by atoms with Crippen molar-refractivity contribution in [2.24, 2.45) is 0 Å². The predicted molar refractivity (Wildman–Crippen MR) is 123 cm³/mol. The molecule has 5 nitrogen and oxygen atoms in total. The molecule has 0 radical (unpaired) electrons. The van der Waals surface area contributed by atoms with Crippen LogP contribution in [0.3, 0.4) is 0 Å². The zero-order valence-corrected chi connectivity index (χ0v) is 18.9. The van der Waals surface area contributed by atoms with Gasteiger partial charge in [0.1, 0.15) is 11.9 Å². The second-order valence-corrected chi connectivity index (χ2v) is 9.61. The minimum atomic E-state index is -0.0893. The van der Waals surface area contributed by atoms with E-state index >= 15 is 0 Å². The number of fused-ring (bicyclic) bond motifs is 1. The lowest BCUT2D eigenvalue weighted by Crippen LogP contribution is -2.32. The van der Waals surface area contributed by atoms with E-state index in [2.05, 4.69) is 88.0 Å². The zero-order chi connectivity index (χ0) is 21.6. The number of hydrogen-bond donors (Lipinski definition) is 0. The van der Waals surface area contributed by atoms with Crippen molar-refractivity contribution in [3.05, 3.63) is 53.2 Å². The van der Waals surface area contributed by atoms with Crippen molar-refractivity contribution in [2.75, 3.05) is 32.1 Å². The van der Waals surface area contributed by atoms with Crippen LogP contribution < -0.4 is 4.90 Å². The lowest BCUT2D eigenvalue weighted by molar-refractivity contribution is 0.315. The highest BCUT2D eigenvalue weighted by molar-refractivity contribution is 5.86. The van der Waals surface area contributed by atoms with Gasteiger partial charge < -0.3 is 9.80 Å². The van der Waals surface area contributed by atoms with Gasteiger partial charge in [0.05, 0.1) is 16.8 Å². The first kappa shape index (κ1) is 20.4. The van der Waals surface area contributed by atoms with Crippen molar-refractivity contribution >= 4 is 11.3 Å². The van der Waals surface area contributed by atoms with E-state index in [9.17, 15) is 5.26 Å². The number of likely N-dealkylation sites (N-methyl/N-ethyl adjacent to an activating group) is 1. The van der Waals surface area contributed by atoms with Crippen LogP contribution >= 0.6 is 0 Å². The minimum Gasteiger partial charge on any atom is -0.354 e. The van der Waals surface area contributed by atoms with Crippen LogP contribution in [0.1, 0.15) is 44.0 Å². The highest BCUT2D eigenvalue weighted by Gasteiger charge is 2.31. The van der Waals surface area contributed by atoms with Crippen LogP contribution in [-0.4, -0.2) is 47.7 Å². The van der Waals surface area contributed by atoms with E-state index in [0.717, 1.165) is 53.2 Å². The van der Waals surface area contributed by atoms with E-state index in [4.69, 9.17) is 5.10 Å². The largest absolute Gasteiger partial charge is 0.354 e. The molecule has 0 N–H and O–H groups in total. The van der Waals surface area contributed by atoms with Gasteiger partial charge >= 0.3 is 0 Å². The summed E-state index contributed by atoms with van der Waals surface area (Å²) < 4.78 is 2.03. The Morgan fingerprint density at radius 3 is 2.43 bits per heavy atom. The summed E-state index contributed by atoms with van der Waals surface area (Å²) in [5, 5.41) is 15.1. The van der Waals surface area contributed by atoms with Gasteiger partial charge in [-0.25, -0.2) is 4.52 Å². The molecule has 3 heterocycles. The fourth-order valence-corrected chi connectivity index (χ4v) is 4.42. The van der Waals surface area contributed by atoms with Gasteiger partial charge in [-0.3, -0.25) is 0 Å². The van der Waals surface area contributed by atoms with E-state index in [0.29, 0.717) is 11.6 Å². The molecule has 4 rings (SSSR count). The predicted octanol–water partition coefficient (Wildman–Crippen LogP) is 4.62. The third-order valence-corrected chi connectivity index (χ3v) is 6.28. The zero-order valence-electron chi connectivity index (χ0n) is 18.9. The maximum atomic E-state index is 10.1. The van der Waals surface area contributed by atoms with Crippen molar-refractivity contribution in [3.63, 3.8) is 0 Å². The number of benzene rings is 1. The van der Waals surface area contributed by atoms with Crippen LogP contribution in [0, 0.1) is 18.3 Å². The van der Waals surface area contributed by atoms with E-state index in [-0.39, 0.29) is 5.41 Å². The minimum absolute atomic E-state index is 0.0893. The molecular formula is C25H31N5. The number of pyridine rings is 1. The quantitative estimate of drug-likeness (QED) is 0.643. The van der Waals surface area contributed by atoms with Crippen LogP contribution in [-0.2, 0) is 5.41 Å². The standard InChI is InChI=1S/C25H31N5/c1-17-20(15-26)21-14-22(25(2,3)4)27-30(21)24(23(17)18-10-8-7-9-11-18)29-13-12-19(16-29)28(5)6/h7-11,14,19H,12-13,16H2,1-6H3/t19-/m0/s1. The fraction of sp³-hybridized carbons (Fsp3) is 0.440. The van der Waals surface area contributed by atoms with Crippen LogP contribution in [0.5, 0.6) is 0 Å². The molecule has 0 saturated carbocycles. The van der Waals surface area contributed by atoms with Gasteiger partial charge in [-0.05, 0) is 44.6 Å². The van der Waals surface area contributed by atoms with E-state index in [1.165, 1.54) is 0 Å². The number of rotatable bonds is 3. The van der Waals surface area contributed by atoms with Crippen LogP contribution in [0.4, 0.5) is 5.82 Å². The normalized spacial score (nSPS) is 17.1. The number of nitriles is 1. The summed E-state index contributed by atoms with van der Waals surface area (Å²) in [5.41, 5.74) is 5.81. The SMILES string of the molecule is Cc1c(-c2ccccc2)c(N2CC[C@H](N(C)C)C2)n2nc(C(C)(C)C)cc2c1C#N. The van der Waals surface area contributed by atoms with Gasteiger partial charge in [0.25, 0.3) is 0 Å². The topological polar surface area (TPSA) is 47.6 Å². The third-order valence-electron chi connectivity index (χ3n) is 6.28. The fourth-order valence-electron chi connectivity index (χ4n) is 4.42. The Balaban J connectivity index is 2.05. The molecule has 0 unspecified atom stereocenters. The lowest BCUT2D eigenvalue weighted by atomic mass is 9.92. The molecule has 0 amide bonds. The maximum absolute atomic E-state index is 10.1. The van der Waals surface area contributed by atoms with E-state index < -0.39 is 0 Å². The summed E-state index contributed by atoms with van der Waals surface area (Å²) in [7, 11) is 4.30. The van der Waals surface area contributed by atoms with Gasteiger partial charge in [0.15, 0.2) is 0 Å². The number of hydrogen-bond acceptors (Lipinski definition) is 4. The highest BCUT2D eigenvalue weighted by Crippen LogP contribution is 2.40. The average Bonchev–Trinajstić information content (AvgIpc) is 3.35. The second kappa shape index (κ2) is 7.45. The Labute approximate surface area is 179 Å². The molecule has 5 heteroatoms. The summed E-state index contributed by atoms with van der Waals surface area (Å²) in [6.07, 6.45) is 1.12. The Morgan fingerprint density at radius 1 is 1.17 bits per heavy atom. The second-order valence-electron chi connectivity index (χ2n) is 9.61. The first-order valence-corrected chi connectivity index (χ1v) is 10.7. The molecule has 3 aromatic rings. The molecule has 156 valence electrons. The smallest absolute Gasteiger partial charge is 0.139 e. The van der Waals surface area contributed by atoms with Crippen molar-refractivity contribution in [1.82, 2.24) is 14.5 Å². The summed E-state index contributed by atoms with van der Waals surface area (Å²) in [6.45, 7) is 10.5. The van der Waals surface area contributed by atoms with Gasteiger partial charge in [0.2, 0.25) is 0 Å². The Morgan fingerprint density at radius 2 is 1.87 bits per heavy atom. The van der Waals surface area contributed by atoms with Gasteiger partial charge in [-0.15, -0.1) is 0 Å². The van der Waals surface area contributed by atoms with Crippen molar-refractivity contribution < 1.29 is 0 Å². The first-order chi connectivity index (χ1) is 14.2. The molecule has 0 spiro atoms. The Kier molecular flexibility index (Phi) is 5.07. The maximum Gasteiger partial charge on any atom is 0.139 e. The molecule has 1 atom stereocenters. The molecule has 1 aliphatic heterocycles. The highest BCUT2D eigenvalue weighted by atomic mass is 15.4. The van der Waals surface area contributed by atoms with Gasteiger partial charge in [-0.1, -0.05) is 51.1 Å². The average molecular weight is 402 g/mol. The Bertz CT molecular complexity index is 1110. The molecule has 0 bridgehead atoms. The lowest BCUT2D eigenvalue weighted by Gasteiger charge is -2.26. The molecule has 1 aromatic carbocycles. The molecular weight excluding hydrogens is 370 g/mol. The monoisotopic (exact) mass is 401 g/mol. The summed E-state index contributed by atoms with van der Waals surface area (Å²) >= 11 is 0. The van der Waals surface area contributed by atoms with Crippen LogP contribution in [0.2, 0.25) is 0 Å². The van der Waals surface area contributed by atoms with Crippen molar-refractivity contribution in [2.45, 2.75) is 45.6 Å². The van der Waals surface area contributed by atoms with Crippen LogP contribution in [0.15, 0.2) is 36.4 Å². The molecule has 30 heavy (non-hydrogen) atoms. The van der Waals surface area contributed by atoms with Crippen molar-refractivity contribution in [3.8, 4) is 17.2 Å². The molecule has 2 aromatic heterocycles. The van der Waals surface area contributed by atoms with Crippen LogP contribution in [0.25, 0.3) is 16.6 Å². The van der Waals surface area contributed by atoms with Crippen molar-refractivity contribution in [1.29, 1.82) is 5.26 Å². The summed E-state index contributed by atoms with van der Waals surface area (Å²) in [6, 6.07) is 15.5. The Hall–Kier alpha value is -2.84. The summed E-state index contributed by atoms with van der Waals surface area (Å²) in [5.74, 6) is 1.10. The van der Waals surface area contributed by atoms with Gasteiger partial charge in [0, 0.05) is 30.1 Å². The van der Waals surface area contributed by atoms with Gasteiger partial charge in [-0.2, -0.15) is 10.4 Å². The number of anilines is 1. The number of nitrogens with zero attached hydrogens (tertiary/aromatic N) is 5. The summed E-state index contributed by atoms with van der Waals surface area (Å²) in [4.78, 5) is 4.76. The molecule has 0 aliphatic carbocycles. The first-order valence-electron chi connectivity index (χ1n) is 10.7. The molecule has 1 aliphatic rings. The van der Waals surface area contributed by atoms with E-state index in [1.54, 1.807) is 0 Å².